The molecule has 4 aromatic rings. The summed E-state index contributed by atoms with van der Waals surface area (Å²) in [5.41, 5.74) is 5.35. The van der Waals surface area contributed by atoms with Crippen molar-refractivity contribution >= 4 is 12.1 Å². The first kappa shape index (κ1) is 28.2. The number of nitrogens with zero attached hydrogens (tertiary/aromatic N) is 1. The Morgan fingerprint density at radius 3 is 2.08 bits per heavy atom. The van der Waals surface area contributed by atoms with Crippen LogP contribution in [-0.4, -0.2) is 25.3 Å². The predicted molar refractivity (Wildman–Crippen MR) is 152 cm³/mol. The lowest BCUT2D eigenvalue weighted by atomic mass is 10.2. The molecule has 4 rings (SSSR count). The zero-order valence-corrected chi connectivity index (χ0v) is 22.4. The number of ether oxygens (including phenoxy) is 4. The van der Waals surface area contributed by atoms with Crippen molar-refractivity contribution in [2.24, 2.45) is 5.10 Å². The van der Waals surface area contributed by atoms with Gasteiger partial charge in [-0.2, -0.15) is 5.10 Å². The van der Waals surface area contributed by atoms with Gasteiger partial charge in [-0.15, -0.1) is 0 Å². The second-order valence-corrected chi connectivity index (χ2v) is 8.63. The SMILES string of the molecule is CCOc1cc(/C=N/NC(=O)c2ccc(OCc3ccccc3)c(OCC)c2)ccc1OCc1cccc(F)c1. The minimum Gasteiger partial charge on any atom is -0.490 e. The number of hydrazone groups is 1. The van der Waals surface area contributed by atoms with Crippen LogP contribution in [0.1, 0.15) is 40.9 Å². The van der Waals surface area contributed by atoms with Crippen molar-refractivity contribution in [2.75, 3.05) is 13.2 Å². The van der Waals surface area contributed by atoms with Gasteiger partial charge in [-0.05, 0) is 79.1 Å². The fourth-order valence-corrected chi connectivity index (χ4v) is 3.78. The zero-order chi connectivity index (χ0) is 28.2. The summed E-state index contributed by atoms with van der Waals surface area (Å²) < 4.78 is 36.6. The highest BCUT2D eigenvalue weighted by Crippen LogP contribution is 2.30. The first-order valence-corrected chi connectivity index (χ1v) is 13.0. The highest BCUT2D eigenvalue weighted by Gasteiger charge is 2.12. The van der Waals surface area contributed by atoms with Crippen molar-refractivity contribution in [3.8, 4) is 23.0 Å². The summed E-state index contributed by atoms with van der Waals surface area (Å²) in [4.78, 5) is 12.8. The molecule has 0 unspecified atom stereocenters. The van der Waals surface area contributed by atoms with Crippen molar-refractivity contribution in [1.29, 1.82) is 0 Å². The third-order valence-electron chi connectivity index (χ3n) is 5.67. The number of benzene rings is 4. The molecule has 0 heterocycles. The molecule has 1 amide bonds. The van der Waals surface area contributed by atoms with Gasteiger partial charge in [0.2, 0.25) is 0 Å². The number of halogens is 1. The number of rotatable bonds is 13. The summed E-state index contributed by atoms with van der Waals surface area (Å²) in [5, 5.41) is 4.09. The zero-order valence-electron chi connectivity index (χ0n) is 22.4. The van der Waals surface area contributed by atoms with Crippen molar-refractivity contribution in [1.82, 2.24) is 5.43 Å². The van der Waals surface area contributed by atoms with Gasteiger partial charge in [0.05, 0.1) is 19.4 Å². The monoisotopic (exact) mass is 542 g/mol. The van der Waals surface area contributed by atoms with Gasteiger partial charge in [-0.1, -0.05) is 42.5 Å². The van der Waals surface area contributed by atoms with E-state index < -0.39 is 5.91 Å². The van der Waals surface area contributed by atoms with E-state index in [0.29, 0.717) is 59.5 Å². The van der Waals surface area contributed by atoms with Gasteiger partial charge >= 0.3 is 0 Å². The summed E-state index contributed by atoms with van der Waals surface area (Å²) in [6.45, 7) is 5.17. The van der Waals surface area contributed by atoms with E-state index in [9.17, 15) is 9.18 Å². The van der Waals surface area contributed by atoms with Crippen molar-refractivity contribution in [3.05, 3.63) is 119 Å². The Morgan fingerprint density at radius 1 is 0.725 bits per heavy atom. The van der Waals surface area contributed by atoms with Crippen molar-refractivity contribution < 1.29 is 28.1 Å². The largest absolute Gasteiger partial charge is 0.490 e. The summed E-state index contributed by atoms with van der Waals surface area (Å²) >= 11 is 0. The molecule has 0 aliphatic heterocycles. The number of carbonyl (C=O) groups excluding carboxylic acids is 1. The molecule has 0 fully saturated rings. The molecule has 0 radical (unpaired) electrons. The van der Waals surface area contributed by atoms with E-state index in [1.807, 2.05) is 44.2 Å². The third kappa shape index (κ3) is 8.07. The molecule has 7 nitrogen and oxygen atoms in total. The summed E-state index contributed by atoms with van der Waals surface area (Å²) in [6, 6.07) is 26.3. The number of amides is 1. The van der Waals surface area contributed by atoms with Crippen molar-refractivity contribution in [2.45, 2.75) is 27.1 Å². The van der Waals surface area contributed by atoms with Crippen LogP contribution in [0.5, 0.6) is 23.0 Å². The molecular formula is C32H31FN2O5. The summed E-state index contributed by atoms with van der Waals surface area (Å²) in [6.07, 6.45) is 1.51. The van der Waals surface area contributed by atoms with Crippen LogP contribution < -0.4 is 24.4 Å². The first-order chi connectivity index (χ1) is 19.6. The predicted octanol–water partition coefficient (Wildman–Crippen LogP) is 6.55. The molecule has 1 N–H and O–H groups in total. The maximum absolute atomic E-state index is 13.5. The normalized spacial score (nSPS) is 10.8. The average Bonchev–Trinajstić information content (AvgIpc) is 2.97. The van der Waals surface area contributed by atoms with Gasteiger partial charge in [-0.3, -0.25) is 4.79 Å². The third-order valence-corrected chi connectivity index (χ3v) is 5.67. The molecule has 0 aliphatic rings. The van der Waals surface area contributed by atoms with E-state index in [4.69, 9.17) is 18.9 Å². The van der Waals surface area contributed by atoms with Crippen LogP contribution in [-0.2, 0) is 13.2 Å². The van der Waals surface area contributed by atoms with Gasteiger partial charge < -0.3 is 18.9 Å². The lowest BCUT2D eigenvalue weighted by molar-refractivity contribution is 0.0954. The second kappa shape index (κ2) is 14.3. The number of hydrogen-bond donors (Lipinski definition) is 1. The number of carbonyl (C=O) groups is 1. The van der Waals surface area contributed by atoms with Crippen LogP contribution in [0.4, 0.5) is 4.39 Å². The Labute approximate surface area is 233 Å². The van der Waals surface area contributed by atoms with Crippen LogP contribution in [0.2, 0.25) is 0 Å². The van der Waals surface area contributed by atoms with E-state index in [-0.39, 0.29) is 12.4 Å². The van der Waals surface area contributed by atoms with Crippen LogP contribution in [0.25, 0.3) is 0 Å². The van der Waals surface area contributed by atoms with Gasteiger partial charge in [0.15, 0.2) is 23.0 Å². The van der Waals surface area contributed by atoms with Gasteiger partial charge in [-0.25, -0.2) is 9.82 Å². The molecule has 206 valence electrons. The first-order valence-electron chi connectivity index (χ1n) is 13.0. The van der Waals surface area contributed by atoms with Crippen LogP contribution in [0.3, 0.4) is 0 Å². The lowest BCUT2D eigenvalue weighted by Gasteiger charge is -2.13. The minimum absolute atomic E-state index is 0.196. The summed E-state index contributed by atoms with van der Waals surface area (Å²) in [5.74, 6) is 1.35. The molecule has 4 aromatic carbocycles. The molecule has 40 heavy (non-hydrogen) atoms. The number of hydrogen-bond acceptors (Lipinski definition) is 6. The molecule has 0 saturated heterocycles. The fraction of sp³-hybridized carbons (Fsp3) is 0.188. The van der Waals surface area contributed by atoms with Gasteiger partial charge in [0.25, 0.3) is 5.91 Å². The number of nitrogens with one attached hydrogen (secondary N) is 1. The van der Waals surface area contributed by atoms with E-state index in [1.165, 1.54) is 18.3 Å². The van der Waals surface area contributed by atoms with E-state index in [0.717, 1.165) is 5.56 Å². The van der Waals surface area contributed by atoms with Crippen LogP contribution in [0.15, 0.2) is 96.1 Å². The maximum Gasteiger partial charge on any atom is 0.271 e. The fourth-order valence-electron chi connectivity index (χ4n) is 3.78. The molecule has 0 bridgehead atoms. The van der Waals surface area contributed by atoms with Crippen LogP contribution >= 0.6 is 0 Å². The quantitative estimate of drug-likeness (QED) is 0.153. The smallest absolute Gasteiger partial charge is 0.271 e. The van der Waals surface area contributed by atoms with E-state index >= 15 is 0 Å². The summed E-state index contributed by atoms with van der Waals surface area (Å²) in [7, 11) is 0. The van der Waals surface area contributed by atoms with Crippen molar-refractivity contribution in [3.63, 3.8) is 0 Å². The molecular weight excluding hydrogens is 511 g/mol. The molecule has 0 saturated carbocycles. The molecule has 0 aliphatic carbocycles. The molecule has 0 atom stereocenters. The van der Waals surface area contributed by atoms with Gasteiger partial charge in [0, 0.05) is 5.56 Å². The Balaban J connectivity index is 1.38. The maximum atomic E-state index is 13.5. The lowest BCUT2D eigenvalue weighted by Crippen LogP contribution is -2.17. The van der Waals surface area contributed by atoms with Crippen LogP contribution in [0, 0.1) is 5.82 Å². The Morgan fingerprint density at radius 2 is 1.38 bits per heavy atom. The Kier molecular flexibility index (Phi) is 10.1. The minimum atomic E-state index is -0.396. The van der Waals surface area contributed by atoms with E-state index in [1.54, 1.807) is 48.5 Å². The Bertz CT molecular complexity index is 1440. The second-order valence-electron chi connectivity index (χ2n) is 8.63. The Hall–Kier alpha value is -4.85. The van der Waals surface area contributed by atoms with E-state index in [2.05, 4.69) is 10.5 Å². The highest BCUT2D eigenvalue weighted by atomic mass is 19.1. The topological polar surface area (TPSA) is 78.4 Å². The average molecular weight is 543 g/mol. The highest BCUT2D eigenvalue weighted by molar-refractivity contribution is 5.95. The standard InChI is InChI=1S/C32H31FN2O5/c1-3-37-30-18-24(13-15-28(30)40-22-25-11-8-12-27(33)17-25)20-34-35-32(36)26-14-16-29(31(19-26)38-4-2)39-21-23-9-6-5-7-10-23/h5-20H,3-4,21-22H2,1-2H3,(H,35,36)/b34-20+. The molecule has 8 heteroatoms. The molecule has 0 spiro atoms. The van der Waals surface area contributed by atoms with Gasteiger partial charge in [0.1, 0.15) is 19.0 Å². The molecule has 0 aromatic heterocycles.